The van der Waals surface area contributed by atoms with Crippen molar-refractivity contribution in [2.24, 2.45) is 12.8 Å². The minimum Gasteiger partial charge on any atom is -0.369 e. The first kappa shape index (κ1) is 17.5. The number of benzene rings is 1. The molecule has 0 bridgehead atoms. The van der Waals surface area contributed by atoms with Crippen LogP contribution in [0.5, 0.6) is 0 Å². The highest BCUT2D eigenvalue weighted by Gasteiger charge is 2.34. The van der Waals surface area contributed by atoms with Gasteiger partial charge in [-0.05, 0) is 23.8 Å². The summed E-state index contributed by atoms with van der Waals surface area (Å²) < 4.78 is 41.5. The first-order valence-electron chi connectivity index (χ1n) is 7.60. The summed E-state index contributed by atoms with van der Waals surface area (Å²) in [5.41, 5.74) is 7.12. The fraction of sp³-hybridized carbons (Fsp3) is 0.235. The molecule has 8 heteroatoms. The number of rotatable bonds is 5. The summed E-state index contributed by atoms with van der Waals surface area (Å²) in [5.74, 6) is 0. The Balaban J connectivity index is 1.87. The predicted molar refractivity (Wildman–Crippen MR) is 93.4 cm³/mol. The van der Waals surface area contributed by atoms with Gasteiger partial charge in [0, 0.05) is 30.7 Å². The summed E-state index contributed by atoms with van der Waals surface area (Å²) in [6, 6.07) is 8.65. The van der Waals surface area contributed by atoms with E-state index in [1.54, 1.807) is 16.9 Å². The zero-order valence-corrected chi connectivity index (χ0v) is 14.2. The van der Waals surface area contributed by atoms with Gasteiger partial charge in [0.25, 0.3) is 0 Å². The average molecular weight is 366 g/mol. The van der Waals surface area contributed by atoms with Crippen LogP contribution in [0, 0.1) is 0 Å². The van der Waals surface area contributed by atoms with Gasteiger partial charge in [-0.2, -0.15) is 18.3 Å². The fourth-order valence-electron chi connectivity index (χ4n) is 2.70. The smallest absolute Gasteiger partial charge is 0.369 e. The molecule has 1 aromatic carbocycles. The number of nitrogens with two attached hydrogens (primary N) is 1. The van der Waals surface area contributed by atoms with Crippen molar-refractivity contribution in [2.45, 2.75) is 12.2 Å². The first-order valence-corrected chi connectivity index (χ1v) is 8.47. The minimum absolute atomic E-state index is 0.0477. The van der Waals surface area contributed by atoms with E-state index in [0.717, 1.165) is 22.3 Å². The van der Waals surface area contributed by atoms with Gasteiger partial charge in [-0.3, -0.25) is 4.68 Å². The monoisotopic (exact) mass is 366 g/mol. The lowest BCUT2D eigenvalue weighted by atomic mass is 10.00. The lowest BCUT2D eigenvalue weighted by Crippen LogP contribution is -2.23. The summed E-state index contributed by atoms with van der Waals surface area (Å²) in [4.78, 5) is 0. The van der Waals surface area contributed by atoms with Crippen molar-refractivity contribution >= 4 is 16.3 Å². The Morgan fingerprint density at radius 2 is 2.04 bits per heavy atom. The SMILES string of the molecule is Cn1nccc1-c1csc(NC(CN)c2ccccc2C(F)(F)F)c1. The Morgan fingerprint density at radius 1 is 1.28 bits per heavy atom. The Bertz CT molecular complexity index is 853. The number of halogens is 3. The van der Waals surface area contributed by atoms with E-state index in [2.05, 4.69) is 10.4 Å². The van der Waals surface area contributed by atoms with Gasteiger partial charge in [0.15, 0.2) is 0 Å². The largest absolute Gasteiger partial charge is 0.416 e. The molecule has 3 rings (SSSR count). The molecule has 0 fully saturated rings. The van der Waals surface area contributed by atoms with E-state index >= 15 is 0 Å². The Labute approximate surface area is 147 Å². The Kier molecular flexibility index (Phi) is 4.82. The molecule has 0 saturated heterocycles. The molecule has 0 aliphatic heterocycles. The summed E-state index contributed by atoms with van der Waals surface area (Å²) in [6.45, 7) is 0.0477. The number of aryl methyl sites for hydroxylation is 1. The van der Waals surface area contributed by atoms with Crippen LogP contribution in [-0.4, -0.2) is 16.3 Å². The summed E-state index contributed by atoms with van der Waals surface area (Å²) >= 11 is 1.42. The number of nitrogens with one attached hydrogen (secondary N) is 1. The third-order valence-electron chi connectivity index (χ3n) is 3.91. The second kappa shape index (κ2) is 6.89. The van der Waals surface area contributed by atoms with Crippen LogP contribution >= 0.6 is 11.3 Å². The quantitative estimate of drug-likeness (QED) is 0.709. The van der Waals surface area contributed by atoms with Crippen LogP contribution in [0.2, 0.25) is 0 Å². The van der Waals surface area contributed by atoms with Gasteiger partial charge in [-0.1, -0.05) is 18.2 Å². The zero-order chi connectivity index (χ0) is 18.0. The molecular formula is C17H17F3N4S. The van der Waals surface area contributed by atoms with E-state index < -0.39 is 17.8 Å². The number of alkyl halides is 3. The molecule has 1 atom stereocenters. The molecule has 0 spiro atoms. The van der Waals surface area contributed by atoms with Crippen LogP contribution in [0.4, 0.5) is 18.2 Å². The highest BCUT2D eigenvalue weighted by atomic mass is 32.1. The molecular weight excluding hydrogens is 349 g/mol. The summed E-state index contributed by atoms with van der Waals surface area (Å²) in [7, 11) is 1.84. The molecule has 25 heavy (non-hydrogen) atoms. The van der Waals surface area contributed by atoms with Crippen LogP contribution in [0.25, 0.3) is 11.3 Å². The molecule has 132 valence electrons. The molecule has 2 heterocycles. The van der Waals surface area contributed by atoms with E-state index in [1.165, 1.54) is 23.5 Å². The van der Waals surface area contributed by atoms with Crippen LogP contribution in [-0.2, 0) is 13.2 Å². The maximum absolute atomic E-state index is 13.2. The molecule has 0 aliphatic carbocycles. The van der Waals surface area contributed by atoms with Gasteiger partial charge in [0.05, 0.1) is 22.3 Å². The van der Waals surface area contributed by atoms with Gasteiger partial charge in [0.2, 0.25) is 0 Å². The van der Waals surface area contributed by atoms with Gasteiger partial charge in [-0.15, -0.1) is 11.3 Å². The van der Waals surface area contributed by atoms with Crippen LogP contribution in [0.15, 0.2) is 48.0 Å². The van der Waals surface area contributed by atoms with Gasteiger partial charge >= 0.3 is 6.18 Å². The minimum atomic E-state index is -4.42. The highest BCUT2D eigenvalue weighted by molar-refractivity contribution is 7.14. The Hall–Kier alpha value is -2.32. The molecule has 0 radical (unpaired) electrons. The van der Waals surface area contributed by atoms with Crippen molar-refractivity contribution in [2.75, 3.05) is 11.9 Å². The predicted octanol–water partition coefficient (Wildman–Crippen LogP) is 4.28. The number of aromatic nitrogens is 2. The normalized spacial score (nSPS) is 13.0. The van der Waals surface area contributed by atoms with E-state index in [1.807, 2.05) is 24.6 Å². The number of hydrogen-bond acceptors (Lipinski definition) is 4. The lowest BCUT2D eigenvalue weighted by Gasteiger charge is -2.21. The van der Waals surface area contributed by atoms with Crippen molar-refractivity contribution in [3.63, 3.8) is 0 Å². The number of anilines is 1. The van der Waals surface area contributed by atoms with Crippen molar-refractivity contribution < 1.29 is 13.2 Å². The molecule has 1 unspecified atom stereocenters. The standard InChI is InChI=1S/C17H17F3N4S/c1-24-15(6-7-22-24)11-8-16(25-10-11)23-14(9-21)12-4-2-3-5-13(12)17(18,19)20/h2-8,10,14,23H,9,21H2,1H3. The van der Waals surface area contributed by atoms with Crippen molar-refractivity contribution in [1.82, 2.24) is 9.78 Å². The van der Waals surface area contributed by atoms with E-state index in [-0.39, 0.29) is 12.1 Å². The van der Waals surface area contributed by atoms with E-state index in [9.17, 15) is 13.2 Å². The fourth-order valence-corrected chi connectivity index (χ4v) is 3.55. The summed E-state index contributed by atoms with van der Waals surface area (Å²) in [6.07, 6.45) is -2.72. The molecule has 0 aliphatic rings. The van der Waals surface area contributed by atoms with Crippen molar-refractivity contribution in [3.05, 3.63) is 59.1 Å². The van der Waals surface area contributed by atoms with Gasteiger partial charge in [-0.25, -0.2) is 0 Å². The molecule has 0 amide bonds. The second-order valence-corrected chi connectivity index (χ2v) is 6.47. The summed E-state index contributed by atoms with van der Waals surface area (Å²) in [5, 5.41) is 9.93. The van der Waals surface area contributed by atoms with Crippen molar-refractivity contribution in [1.29, 1.82) is 0 Å². The number of thiophene rings is 1. The zero-order valence-electron chi connectivity index (χ0n) is 13.4. The molecule has 0 saturated carbocycles. The second-order valence-electron chi connectivity index (χ2n) is 5.56. The average Bonchev–Trinajstić information content (AvgIpc) is 3.20. The van der Waals surface area contributed by atoms with Crippen molar-refractivity contribution in [3.8, 4) is 11.3 Å². The van der Waals surface area contributed by atoms with Gasteiger partial charge < -0.3 is 11.1 Å². The highest BCUT2D eigenvalue weighted by Crippen LogP contribution is 2.36. The Morgan fingerprint density at radius 3 is 2.68 bits per heavy atom. The van der Waals surface area contributed by atoms with Crippen LogP contribution in [0.3, 0.4) is 0 Å². The third-order valence-corrected chi connectivity index (χ3v) is 4.77. The maximum atomic E-state index is 13.2. The number of hydrogen-bond donors (Lipinski definition) is 2. The van der Waals surface area contributed by atoms with Crippen LogP contribution < -0.4 is 11.1 Å². The van der Waals surface area contributed by atoms with Crippen LogP contribution in [0.1, 0.15) is 17.2 Å². The maximum Gasteiger partial charge on any atom is 0.416 e. The van der Waals surface area contributed by atoms with E-state index in [0.29, 0.717) is 0 Å². The third kappa shape index (κ3) is 3.69. The molecule has 3 aromatic rings. The molecule has 3 N–H and O–H groups in total. The first-order chi connectivity index (χ1) is 11.9. The number of nitrogens with zero attached hydrogens (tertiary/aromatic N) is 2. The van der Waals surface area contributed by atoms with Gasteiger partial charge in [0.1, 0.15) is 0 Å². The topological polar surface area (TPSA) is 55.9 Å². The van der Waals surface area contributed by atoms with E-state index in [4.69, 9.17) is 5.73 Å². The molecule has 2 aromatic heterocycles. The lowest BCUT2D eigenvalue weighted by molar-refractivity contribution is -0.138. The molecule has 4 nitrogen and oxygen atoms in total.